The van der Waals surface area contributed by atoms with E-state index in [2.05, 4.69) is 0 Å². The molecule has 0 aromatic heterocycles. The van der Waals surface area contributed by atoms with Gasteiger partial charge in [-0.3, -0.25) is 10.1 Å². The summed E-state index contributed by atoms with van der Waals surface area (Å²) in [5, 5.41) is 10.9. The summed E-state index contributed by atoms with van der Waals surface area (Å²) in [5.41, 5.74) is 1.42. The smallest absolute Gasteiger partial charge is 0.339 e. The fraction of sp³-hybridized carbons (Fsp3) is 0.222. The minimum atomic E-state index is -0.651. The zero-order valence-electron chi connectivity index (χ0n) is 13.8. The normalized spacial score (nSPS) is 15.7. The van der Waals surface area contributed by atoms with E-state index in [0.29, 0.717) is 22.6 Å². The number of hydrogen-bond acceptors (Lipinski definition) is 7. The number of esters is 2. The second-order valence-electron chi connectivity index (χ2n) is 5.63. The number of thioether (sulfide) groups is 1. The van der Waals surface area contributed by atoms with E-state index >= 15 is 0 Å². The number of ether oxygens (including phenoxy) is 2. The second kappa shape index (κ2) is 7.57. The monoisotopic (exact) mass is 373 g/mol. The number of hydrogen-bond donors (Lipinski definition) is 0. The highest BCUT2D eigenvalue weighted by atomic mass is 32.2. The Kier molecular flexibility index (Phi) is 5.22. The molecule has 0 saturated carbocycles. The number of methoxy groups -OCH3 is 1. The van der Waals surface area contributed by atoms with Gasteiger partial charge in [-0.1, -0.05) is 18.2 Å². The number of fused-ring (bicyclic) bond motifs is 1. The Morgan fingerprint density at radius 1 is 1.35 bits per heavy atom. The highest BCUT2D eigenvalue weighted by Gasteiger charge is 2.27. The molecule has 1 heterocycles. The largest absolute Gasteiger partial charge is 0.465 e. The third-order valence-corrected chi connectivity index (χ3v) is 5.17. The maximum absolute atomic E-state index is 12.1. The van der Waals surface area contributed by atoms with E-state index in [9.17, 15) is 19.7 Å². The fourth-order valence-corrected chi connectivity index (χ4v) is 3.72. The first kappa shape index (κ1) is 17.9. The van der Waals surface area contributed by atoms with E-state index in [1.54, 1.807) is 12.1 Å². The molecule has 1 unspecified atom stereocenters. The van der Waals surface area contributed by atoms with Crippen molar-refractivity contribution in [1.29, 1.82) is 0 Å². The summed E-state index contributed by atoms with van der Waals surface area (Å²) in [7, 11) is 1.22. The minimum Gasteiger partial charge on any atom is -0.465 e. The molecule has 0 saturated heterocycles. The number of carbonyl (C=O) groups excluding carboxylic acids is 2. The Morgan fingerprint density at radius 3 is 2.85 bits per heavy atom. The number of nitro benzene ring substituents is 1. The van der Waals surface area contributed by atoms with Gasteiger partial charge in [0.05, 0.1) is 23.2 Å². The zero-order chi connectivity index (χ0) is 18.7. The van der Waals surface area contributed by atoms with Gasteiger partial charge in [-0.05, 0) is 17.7 Å². The molecule has 3 rings (SSSR count). The van der Waals surface area contributed by atoms with Crippen molar-refractivity contribution in [2.45, 2.75) is 17.4 Å². The Balaban J connectivity index is 1.77. The summed E-state index contributed by atoms with van der Waals surface area (Å²) in [6, 6.07) is 11.3. The van der Waals surface area contributed by atoms with Crippen LogP contribution in [0, 0.1) is 10.1 Å². The van der Waals surface area contributed by atoms with Crippen molar-refractivity contribution in [2.75, 3.05) is 12.9 Å². The molecule has 134 valence electrons. The van der Waals surface area contributed by atoms with Gasteiger partial charge in [0, 0.05) is 29.2 Å². The average molecular weight is 373 g/mol. The number of rotatable bonds is 5. The van der Waals surface area contributed by atoms with E-state index in [1.807, 2.05) is 12.1 Å². The van der Waals surface area contributed by atoms with Crippen molar-refractivity contribution in [3.8, 4) is 0 Å². The van der Waals surface area contributed by atoms with Gasteiger partial charge in [-0.15, -0.1) is 11.8 Å². The van der Waals surface area contributed by atoms with Gasteiger partial charge in [0.25, 0.3) is 5.69 Å². The molecular formula is C18H15NO6S. The predicted molar refractivity (Wildman–Crippen MR) is 94.5 cm³/mol. The van der Waals surface area contributed by atoms with E-state index in [4.69, 9.17) is 9.47 Å². The lowest BCUT2D eigenvalue weighted by Gasteiger charge is -2.24. The van der Waals surface area contributed by atoms with Crippen LogP contribution in [0.1, 0.15) is 26.3 Å². The summed E-state index contributed by atoms with van der Waals surface area (Å²) >= 11 is 1.29. The lowest BCUT2D eigenvalue weighted by atomic mass is 9.99. The van der Waals surface area contributed by atoms with Crippen LogP contribution in [0.15, 0.2) is 47.4 Å². The third kappa shape index (κ3) is 3.70. The first-order valence-corrected chi connectivity index (χ1v) is 8.76. The molecule has 0 aliphatic carbocycles. The maximum Gasteiger partial charge on any atom is 0.339 e. The number of benzene rings is 2. The molecule has 0 N–H and O–H groups in total. The second-order valence-corrected chi connectivity index (χ2v) is 6.69. The van der Waals surface area contributed by atoms with Gasteiger partial charge < -0.3 is 9.47 Å². The Hall–Kier alpha value is -2.87. The molecule has 2 aromatic rings. The van der Waals surface area contributed by atoms with Gasteiger partial charge in [0.1, 0.15) is 6.10 Å². The van der Waals surface area contributed by atoms with Crippen LogP contribution in [0.4, 0.5) is 5.69 Å². The Labute approximate surface area is 153 Å². The molecule has 8 heteroatoms. The van der Waals surface area contributed by atoms with Crippen LogP contribution >= 0.6 is 11.8 Å². The first-order valence-electron chi connectivity index (χ1n) is 7.78. The molecule has 1 aliphatic rings. The molecule has 0 bridgehead atoms. The van der Waals surface area contributed by atoms with Crippen molar-refractivity contribution in [1.82, 2.24) is 0 Å². The van der Waals surface area contributed by atoms with E-state index in [-0.39, 0.29) is 23.3 Å². The van der Waals surface area contributed by atoms with Crippen LogP contribution in [0.25, 0.3) is 0 Å². The topological polar surface area (TPSA) is 95.7 Å². The van der Waals surface area contributed by atoms with Crippen molar-refractivity contribution < 1.29 is 24.0 Å². The Morgan fingerprint density at radius 2 is 2.12 bits per heavy atom. The summed E-state index contributed by atoms with van der Waals surface area (Å²) in [6.45, 7) is 0. The minimum absolute atomic E-state index is 0.120. The first-order chi connectivity index (χ1) is 12.5. The SMILES string of the molecule is COC(=O)c1cc([N+](=O)[O-])ccc1SCC1Cc2ccccc2C(=O)O1. The van der Waals surface area contributed by atoms with Crippen LogP contribution in [0.2, 0.25) is 0 Å². The highest BCUT2D eigenvalue weighted by molar-refractivity contribution is 7.99. The summed E-state index contributed by atoms with van der Waals surface area (Å²) in [4.78, 5) is 34.9. The van der Waals surface area contributed by atoms with Crippen LogP contribution in [-0.4, -0.2) is 35.8 Å². The molecule has 0 fully saturated rings. The molecule has 26 heavy (non-hydrogen) atoms. The van der Waals surface area contributed by atoms with Gasteiger partial charge in [-0.2, -0.15) is 0 Å². The van der Waals surface area contributed by atoms with Crippen LogP contribution < -0.4 is 0 Å². The standard InChI is InChI=1S/C18H15NO6S/c1-24-17(20)15-9-12(19(22)23)6-7-16(15)26-10-13-8-11-4-2-3-5-14(11)18(21)25-13/h2-7,9,13H,8,10H2,1H3. The predicted octanol–water partition coefficient (Wildman–Crippen LogP) is 3.26. The zero-order valence-corrected chi connectivity index (χ0v) is 14.7. The van der Waals surface area contributed by atoms with Crippen LogP contribution in [-0.2, 0) is 15.9 Å². The van der Waals surface area contributed by atoms with Gasteiger partial charge in [0.15, 0.2) is 0 Å². The summed E-state index contributed by atoms with van der Waals surface area (Å²) < 4.78 is 10.1. The number of cyclic esters (lactones) is 1. The summed E-state index contributed by atoms with van der Waals surface area (Å²) in [5.74, 6) is -0.599. The molecule has 7 nitrogen and oxygen atoms in total. The maximum atomic E-state index is 12.1. The molecule has 1 aliphatic heterocycles. The quantitative estimate of drug-likeness (QED) is 0.343. The van der Waals surface area contributed by atoms with Gasteiger partial charge in [-0.25, -0.2) is 9.59 Å². The van der Waals surface area contributed by atoms with Crippen molar-refractivity contribution in [3.05, 3.63) is 69.3 Å². The van der Waals surface area contributed by atoms with Crippen LogP contribution in [0.3, 0.4) is 0 Å². The fourth-order valence-electron chi connectivity index (χ4n) is 2.70. The van der Waals surface area contributed by atoms with Gasteiger partial charge in [0.2, 0.25) is 0 Å². The molecule has 1 atom stereocenters. The lowest BCUT2D eigenvalue weighted by Crippen LogP contribution is -2.29. The van der Waals surface area contributed by atoms with Gasteiger partial charge >= 0.3 is 11.9 Å². The number of nitro groups is 1. The molecule has 0 amide bonds. The van der Waals surface area contributed by atoms with Crippen molar-refractivity contribution in [2.24, 2.45) is 0 Å². The Bertz CT molecular complexity index is 882. The van der Waals surface area contributed by atoms with E-state index in [0.717, 1.165) is 5.56 Å². The molecule has 0 radical (unpaired) electrons. The van der Waals surface area contributed by atoms with Crippen LogP contribution in [0.5, 0.6) is 0 Å². The number of non-ortho nitro benzene ring substituents is 1. The lowest BCUT2D eigenvalue weighted by molar-refractivity contribution is -0.384. The molecular weight excluding hydrogens is 358 g/mol. The molecule has 0 spiro atoms. The average Bonchev–Trinajstić information content (AvgIpc) is 2.65. The van der Waals surface area contributed by atoms with Crippen molar-refractivity contribution in [3.63, 3.8) is 0 Å². The third-order valence-electron chi connectivity index (χ3n) is 3.96. The molecule has 2 aromatic carbocycles. The number of nitrogens with zero attached hydrogens (tertiary/aromatic N) is 1. The number of carbonyl (C=O) groups is 2. The van der Waals surface area contributed by atoms with Crippen molar-refractivity contribution >= 4 is 29.4 Å². The van der Waals surface area contributed by atoms with E-state index in [1.165, 1.54) is 37.1 Å². The highest BCUT2D eigenvalue weighted by Crippen LogP contribution is 2.30. The summed E-state index contributed by atoms with van der Waals surface area (Å²) in [6.07, 6.45) is 0.234. The van der Waals surface area contributed by atoms with E-state index < -0.39 is 10.9 Å².